The molecular formula is C20H26FN7O. The fourth-order valence-electron chi connectivity index (χ4n) is 3.39. The van der Waals surface area contributed by atoms with Gasteiger partial charge in [-0.2, -0.15) is 0 Å². The van der Waals surface area contributed by atoms with E-state index in [1.165, 1.54) is 16.7 Å². The number of carbonyl (C=O) groups excluding carboxylic acids is 1. The molecule has 1 aliphatic rings. The van der Waals surface area contributed by atoms with Gasteiger partial charge in [0.2, 0.25) is 0 Å². The minimum atomic E-state index is -0.522. The first-order valence-electron chi connectivity index (χ1n) is 9.57. The van der Waals surface area contributed by atoms with Crippen LogP contribution < -0.4 is 10.6 Å². The van der Waals surface area contributed by atoms with Crippen LogP contribution in [0.3, 0.4) is 0 Å². The average molecular weight is 399 g/mol. The van der Waals surface area contributed by atoms with Gasteiger partial charge >= 0.3 is 0 Å². The molecule has 154 valence electrons. The van der Waals surface area contributed by atoms with Crippen LogP contribution in [0.5, 0.6) is 0 Å². The summed E-state index contributed by atoms with van der Waals surface area (Å²) in [6.45, 7) is 11.9. The number of aryl methyl sites for hydroxylation is 1. The molecule has 0 bridgehead atoms. The van der Waals surface area contributed by atoms with Crippen molar-refractivity contribution >= 4 is 29.8 Å². The van der Waals surface area contributed by atoms with E-state index in [1.54, 1.807) is 19.3 Å². The largest absolute Gasteiger partial charge is 0.355 e. The molecule has 2 aromatic heterocycles. The summed E-state index contributed by atoms with van der Waals surface area (Å²) in [6, 6.07) is 1.59. The van der Waals surface area contributed by atoms with Crippen LogP contribution in [0.4, 0.5) is 10.1 Å². The van der Waals surface area contributed by atoms with Crippen molar-refractivity contribution in [2.45, 2.75) is 33.2 Å². The Hall–Kier alpha value is -3.07. The van der Waals surface area contributed by atoms with Crippen LogP contribution in [0.2, 0.25) is 0 Å². The smallest absolute Gasteiger partial charge is 0.275 e. The van der Waals surface area contributed by atoms with Gasteiger partial charge in [-0.1, -0.05) is 6.92 Å². The van der Waals surface area contributed by atoms with E-state index in [0.717, 1.165) is 31.9 Å². The van der Waals surface area contributed by atoms with Crippen LogP contribution in [0.1, 0.15) is 26.0 Å². The number of fused-ring (bicyclic) bond motifs is 1. The Morgan fingerprint density at radius 2 is 2.31 bits per heavy atom. The van der Waals surface area contributed by atoms with Crippen molar-refractivity contribution in [2.75, 3.05) is 25.0 Å². The molecule has 1 unspecified atom stereocenters. The van der Waals surface area contributed by atoms with Crippen LogP contribution in [0.25, 0.3) is 5.65 Å². The first kappa shape index (κ1) is 20.7. The molecule has 0 aliphatic carbocycles. The summed E-state index contributed by atoms with van der Waals surface area (Å²) in [5, 5.41) is 6.01. The third kappa shape index (κ3) is 4.68. The number of imidazole rings is 1. The molecule has 1 fully saturated rings. The first-order chi connectivity index (χ1) is 13.9. The van der Waals surface area contributed by atoms with Crippen molar-refractivity contribution in [3.8, 4) is 0 Å². The molecule has 0 saturated carbocycles. The predicted molar refractivity (Wildman–Crippen MR) is 113 cm³/mol. The van der Waals surface area contributed by atoms with E-state index in [9.17, 15) is 9.18 Å². The number of hydrogen-bond acceptors (Lipinski definition) is 5. The lowest BCUT2D eigenvalue weighted by Crippen LogP contribution is -2.52. The van der Waals surface area contributed by atoms with Crippen molar-refractivity contribution in [1.29, 1.82) is 0 Å². The fourth-order valence-corrected chi connectivity index (χ4v) is 3.39. The Kier molecular flexibility index (Phi) is 6.38. The van der Waals surface area contributed by atoms with Crippen LogP contribution in [0.15, 0.2) is 40.3 Å². The zero-order valence-electron chi connectivity index (χ0n) is 16.9. The Bertz CT molecular complexity index is 979. The molecule has 1 aliphatic heterocycles. The third-order valence-corrected chi connectivity index (χ3v) is 4.90. The number of hydrogen-bond donors (Lipinski definition) is 2. The second kappa shape index (κ2) is 8.95. The van der Waals surface area contributed by atoms with Crippen LogP contribution in [0, 0.1) is 12.7 Å². The number of nitrogens with one attached hydrogen (secondary N) is 2. The van der Waals surface area contributed by atoms with E-state index in [-0.39, 0.29) is 11.3 Å². The molecule has 29 heavy (non-hydrogen) atoms. The molecule has 2 N–H and O–H groups in total. The lowest BCUT2D eigenvalue weighted by Gasteiger charge is -2.37. The molecule has 1 atom stereocenters. The second-order valence-corrected chi connectivity index (χ2v) is 6.95. The van der Waals surface area contributed by atoms with Gasteiger partial charge in [-0.05, 0) is 27.0 Å². The molecule has 3 rings (SSSR count). The van der Waals surface area contributed by atoms with Gasteiger partial charge in [-0.25, -0.2) is 14.4 Å². The van der Waals surface area contributed by atoms with E-state index in [4.69, 9.17) is 0 Å². The van der Waals surface area contributed by atoms with Crippen LogP contribution in [-0.4, -0.2) is 58.4 Å². The Morgan fingerprint density at radius 1 is 1.52 bits per heavy atom. The van der Waals surface area contributed by atoms with E-state index < -0.39 is 11.7 Å². The predicted octanol–water partition coefficient (Wildman–Crippen LogP) is 2.36. The van der Waals surface area contributed by atoms with Crippen molar-refractivity contribution < 1.29 is 9.18 Å². The number of anilines is 1. The number of amidine groups is 1. The van der Waals surface area contributed by atoms with Gasteiger partial charge in [0.15, 0.2) is 11.5 Å². The zero-order valence-corrected chi connectivity index (χ0v) is 16.9. The number of piperazine rings is 1. The summed E-state index contributed by atoms with van der Waals surface area (Å²) in [5.41, 5.74) is 1.24. The van der Waals surface area contributed by atoms with Crippen molar-refractivity contribution in [3.63, 3.8) is 0 Å². The van der Waals surface area contributed by atoms with Gasteiger partial charge < -0.3 is 19.9 Å². The summed E-state index contributed by atoms with van der Waals surface area (Å²) < 4.78 is 15.7. The maximum Gasteiger partial charge on any atom is 0.275 e. The number of carbonyl (C=O) groups is 1. The minimum absolute atomic E-state index is 0.0508. The molecule has 3 heterocycles. The van der Waals surface area contributed by atoms with E-state index in [0.29, 0.717) is 17.4 Å². The van der Waals surface area contributed by atoms with E-state index in [1.807, 2.05) is 6.92 Å². The highest BCUT2D eigenvalue weighted by molar-refractivity contribution is 6.04. The number of amides is 1. The molecular weight excluding hydrogens is 373 g/mol. The molecule has 0 spiro atoms. The Labute approximate surface area is 169 Å². The van der Waals surface area contributed by atoms with Crippen molar-refractivity contribution in [2.24, 2.45) is 9.98 Å². The quantitative estimate of drug-likeness (QED) is 0.459. The Balaban J connectivity index is 1.77. The summed E-state index contributed by atoms with van der Waals surface area (Å²) in [7, 11) is 0. The molecule has 9 heteroatoms. The van der Waals surface area contributed by atoms with Gasteiger partial charge in [0, 0.05) is 44.1 Å². The zero-order chi connectivity index (χ0) is 21.0. The number of nitrogens with zero attached hydrogens (tertiary/aromatic N) is 5. The summed E-state index contributed by atoms with van der Waals surface area (Å²) in [4.78, 5) is 27.1. The maximum absolute atomic E-state index is 14.2. The summed E-state index contributed by atoms with van der Waals surface area (Å²) >= 11 is 0. The van der Waals surface area contributed by atoms with E-state index >= 15 is 0 Å². The highest BCUT2D eigenvalue weighted by Crippen LogP contribution is 2.17. The molecule has 1 saturated heterocycles. The first-order valence-corrected chi connectivity index (χ1v) is 9.57. The number of halogens is 1. The third-order valence-electron chi connectivity index (χ3n) is 4.90. The fraction of sp³-hybridized carbons (Fsp3) is 0.400. The molecule has 1 amide bonds. The summed E-state index contributed by atoms with van der Waals surface area (Å²) in [5.74, 6) is -0.223. The standard InChI is InChI=1S/C20H26FN7O/c1-5-16-9-23-6-7-28(16)14(3)24-10-18(22-4)20(29)26-15-8-17(21)19-25-13(2)11-27(19)12-15/h8,10-12,16,23H,4-7,9H2,1-3H3,(H,26,29)/b18-10-,24-14?. The lowest BCUT2D eigenvalue weighted by molar-refractivity contribution is -0.112. The Morgan fingerprint density at radius 3 is 3.03 bits per heavy atom. The van der Waals surface area contributed by atoms with Crippen LogP contribution in [-0.2, 0) is 4.79 Å². The maximum atomic E-state index is 14.2. The highest BCUT2D eigenvalue weighted by Gasteiger charge is 2.21. The van der Waals surface area contributed by atoms with Gasteiger partial charge in [-0.15, -0.1) is 0 Å². The van der Waals surface area contributed by atoms with Gasteiger partial charge in [0.1, 0.15) is 11.5 Å². The molecule has 0 radical (unpaired) electrons. The number of aromatic nitrogens is 2. The SMILES string of the molecule is C=N/C(=C\N=C(C)N1CCNCC1CC)C(=O)Nc1cc(F)c2nc(C)cn2c1. The number of pyridine rings is 1. The molecule has 0 aromatic carbocycles. The minimum Gasteiger partial charge on any atom is -0.355 e. The number of aliphatic imine (C=N–C) groups is 2. The van der Waals surface area contributed by atoms with Crippen molar-refractivity contribution in [3.05, 3.63) is 41.9 Å². The van der Waals surface area contributed by atoms with Gasteiger partial charge in [-0.3, -0.25) is 9.79 Å². The van der Waals surface area contributed by atoms with Crippen LogP contribution >= 0.6 is 0 Å². The summed E-state index contributed by atoms with van der Waals surface area (Å²) in [6.07, 6.45) is 5.67. The monoisotopic (exact) mass is 399 g/mol. The number of rotatable bonds is 5. The molecule has 8 nitrogen and oxygen atoms in total. The normalized spacial score (nSPS) is 18.2. The topological polar surface area (TPSA) is 86.4 Å². The second-order valence-electron chi connectivity index (χ2n) is 6.95. The van der Waals surface area contributed by atoms with Gasteiger partial charge in [0.05, 0.1) is 17.6 Å². The van der Waals surface area contributed by atoms with E-state index in [2.05, 4.69) is 44.1 Å². The lowest BCUT2D eigenvalue weighted by atomic mass is 10.1. The molecule has 2 aromatic rings. The van der Waals surface area contributed by atoms with Crippen molar-refractivity contribution in [1.82, 2.24) is 19.6 Å². The average Bonchev–Trinajstić information content (AvgIpc) is 3.09. The highest BCUT2D eigenvalue weighted by atomic mass is 19.1. The van der Waals surface area contributed by atoms with Gasteiger partial charge in [0.25, 0.3) is 5.91 Å².